The van der Waals surface area contributed by atoms with Gasteiger partial charge in [-0.1, -0.05) is 35.9 Å². The molecule has 0 bridgehead atoms. The van der Waals surface area contributed by atoms with Gasteiger partial charge >= 0.3 is 5.97 Å². The number of halogens is 1. The Hall–Kier alpha value is -2.72. The molecule has 0 atom stereocenters. The van der Waals surface area contributed by atoms with Crippen molar-refractivity contribution in [3.63, 3.8) is 0 Å². The second-order valence-electron chi connectivity index (χ2n) is 4.99. The summed E-state index contributed by atoms with van der Waals surface area (Å²) in [5.41, 5.74) is 3.29. The van der Waals surface area contributed by atoms with Crippen molar-refractivity contribution in [3.8, 4) is 28.0 Å². The number of H-pyrrole nitrogens is 1. The Bertz CT molecular complexity index is 836. The number of aromatic carboxylic acids is 1. The van der Waals surface area contributed by atoms with Gasteiger partial charge in [0, 0.05) is 22.3 Å². The summed E-state index contributed by atoms with van der Waals surface area (Å²) in [5, 5.41) is 10.1. The zero-order valence-corrected chi connectivity index (χ0v) is 13.1. The molecule has 0 aliphatic rings. The summed E-state index contributed by atoms with van der Waals surface area (Å²) in [6.07, 6.45) is 1.70. The fraction of sp³-hybridized carbons (Fsp3) is 0.0556. The lowest BCUT2D eigenvalue weighted by molar-refractivity contribution is 0.0692. The van der Waals surface area contributed by atoms with Crippen LogP contribution in [0.2, 0.25) is 5.02 Å². The second-order valence-corrected chi connectivity index (χ2v) is 5.43. The lowest BCUT2D eigenvalue weighted by Crippen LogP contribution is -1.99. The van der Waals surface area contributed by atoms with Crippen LogP contribution in [0, 0.1) is 0 Å². The number of methoxy groups -OCH3 is 1. The van der Waals surface area contributed by atoms with Gasteiger partial charge in [0.1, 0.15) is 11.4 Å². The number of benzene rings is 2. The molecule has 3 rings (SSSR count). The van der Waals surface area contributed by atoms with Crippen LogP contribution >= 0.6 is 11.6 Å². The highest BCUT2D eigenvalue weighted by molar-refractivity contribution is 6.30. The molecule has 116 valence electrons. The molecule has 23 heavy (non-hydrogen) atoms. The SMILES string of the molecule is COc1ccc(-c2c[nH]c(C(=O)O)c2-c2ccc(Cl)cc2)cc1. The van der Waals surface area contributed by atoms with Crippen LogP contribution in [0.1, 0.15) is 10.5 Å². The standard InChI is InChI=1S/C18H14ClNO3/c1-23-14-8-4-11(5-9-14)15-10-20-17(18(21)22)16(15)12-2-6-13(19)7-3-12/h2-10,20H,1H3,(H,21,22). The molecule has 0 unspecified atom stereocenters. The summed E-state index contributed by atoms with van der Waals surface area (Å²) in [6.45, 7) is 0. The van der Waals surface area contributed by atoms with Crippen molar-refractivity contribution in [3.05, 3.63) is 65.4 Å². The molecule has 0 aliphatic heterocycles. The first-order valence-corrected chi connectivity index (χ1v) is 7.33. The van der Waals surface area contributed by atoms with Crippen molar-refractivity contribution in [2.24, 2.45) is 0 Å². The summed E-state index contributed by atoms with van der Waals surface area (Å²) in [4.78, 5) is 14.4. The molecule has 0 saturated heterocycles. The molecule has 4 nitrogen and oxygen atoms in total. The maximum absolute atomic E-state index is 11.5. The monoisotopic (exact) mass is 327 g/mol. The zero-order valence-electron chi connectivity index (χ0n) is 12.3. The average molecular weight is 328 g/mol. The number of aromatic amines is 1. The van der Waals surface area contributed by atoms with Gasteiger partial charge in [0.25, 0.3) is 0 Å². The van der Waals surface area contributed by atoms with Gasteiger partial charge in [0.15, 0.2) is 0 Å². The number of carboxylic acids is 1. The number of hydrogen-bond donors (Lipinski definition) is 2. The number of nitrogens with one attached hydrogen (secondary N) is 1. The molecule has 0 fully saturated rings. The highest BCUT2D eigenvalue weighted by atomic mass is 35.5. The largest absolute Gasteiger partial charge is 0.497 e. The van der Waals surface area contributed by atoms with E-state index < -0.39 is 5.97 Å². The number of ether oxygens (including phenoxy) is 1. The van der Waals surface area contributed by atoms with E-state index in [1.54, 1.807) is 25.4 Å². The van der Waals surface area contributed by atoms with Gasteiger partial charge in [0.05, 0.1) is 7.11 Å². The minimum absolute atomic E-state index is 0.151. The maximum Gasteiger partial charge on any atom is 0.352 e. The van der Waals surface area contributed by atoms with Gasteiger partial charge in [-0.2, -0.15) is 0 Å². The Morgan fingerprint density at radius 2 is 1.65 bits per heavy atom. The van der Waals surface area contributed by atoms with Crippen molar-refractivity contribution < 1.29 is 14.6 Å². The molecular weight excluding hydrogens is 314 g/mol. The number of rotatable bonds is 4. The van der Waals surface area contributed by atoms with Crippen LogP contribution in [-0.4, -0.2) is 23.2 Å². The fourth-order valence-corrected chi connectivity index (χ4v) is 2.63. The zero-order chi connectivity index (χ0) is 16.4. The van der Waals surface area contributed by atoms with E-state index in [-0.39, 0.29) is 5.69 Å². The molecule has 0 aliphatic carbocycles. The van der Waals surface area contributed by atoms with E-state index in [2.05, 4.69) is 4.98 Å². The first-order chi connectivity index (χ1) is 11.1. The normalized spacial score (nSPS) is 10.5. The number of aromatic nitrogens is 1. The molecule has 2 aromatic carbocycles. The lowest BCUT2D eigenvalue weighted by atomic mass is 9.96. The topological polar surface area (TPSA) is 62.3 Å². The predicted octanol–water partition coefficient (Wildman–Crippen LogP) is 4.71. The van der Waals surface area contributed by atoms with E-state index in [0.29, 0.717) is 10.6 Å². The number of carbonyl (C=O) groups is 1. The smallest absolute Gasteiger partial charge is 0.352 e. The van der Waals surface area contributed by atoms with Crippen molar-refractivity contribution in [1.29, 1.82) is 0 Å². The van der Waals surface area contributed by atoms with E-state index in [9.17, 15) is 9.90 Å². The predicted molar refractivity (Wildman–Crippen MR) is 90.2 cm³/mol. The molecule has 0 saturated carbocycles. The molecule has 2 N–H and O–H groups in total. The Morgan fingerprint density at radius 1 is 1.04 bits per heavy atom. The van der Waals surface area contributed by atoms with Crippen LogP contribution in [0.15, 0.2) is 54.7 Å². The van der Waals surface area contributed by atoms with E-state index in [4.69, 9.17) is 16.3 Å². The lowest BCUT2D eigenvalue weighted by Gasteiger charge is -2.07. The highest BCUT2D eigenvalue weighted by Gasteiger charge is 2.19. The Morgan fingerprint density at radius 3 is 2.22 bits per heavy atom. The van der Waals surface area contributed by atoms with Crippen molar-refractivity contribution in [2.45, 2.75) is 0 Å². The van der Waals surface area contributed by atoms with Crippen LogP contribution in [0.4, 0.5) is 0 Å². The van der Waals surface area contributed by atoms with Gasteiger partial charge in [-0.25, -0.2) is 4.79 Å². The summed E-state index contributed by atoms with van der Waals surface area (Å²) < 4.78 is 5.16. The van der Waals surface area contributed by atoms with Crippen LogP contribution in [0.5, 0.6) is 5.75 Å². The van der Waals surface area contributed by atoms with Gasteiger partial charge in [-0.3, -0.25) is 0 Å². The van der Waals surface area contributed by atoms with Crippen molar-refractivity contribution in [2.75, 3.05) is 7.11 Å². The Labute approximate surface area is 138 Å². The van der Waals surface area contributed by atoms with Crippen LogP contribution in [0.3, 0.4) is 0 Å². The average Bonchev–Trinajstić information content (AvgIpc) is 3.01. The van der Waals surface area contributed by atoms with E-state index in [0.717, 1.165) is 22.4 Å². The molecule has 5 heteroatoms. The number of hydrogen-bond acceptors (Lipinski definition) is 2. The Balaban J connectivity index is 2.17. The Kier molecular flexibility index (Phi) is 4.08. The summed E-state index contributed by atoms with van der Waals surface area (Å²) in [5.74, 6) is -0.259. The van der Waals surface area contributed by atoms with E-state index in [1.807, 2.05) is 36.4 Å². The van der Waals surface area contributed by atoms with E-state index in [1.165, 1.54) is 0 Å². The van der Waals surface area contributed by atoms with Gasteiger partial charge in [-0.15, -0.1) is 0 Å². The maximum atomic E-state index is 11.5. The van der Waals surface area contributed by atoms with Crippen molar-refractivity contribution in [1.82, 2.24) is 4.98 Å². The third kappa shape index (κ3) is 2.94. The summed E-state index contributed by atoms with van der Waals surface area (Å²) >= 11 is 5.93. The first kappa shape index (κ1) is 15.2. The highest BCUT2D eigenvalue weighted by Crippen LogP contribution is 2.36. The van der Waals surface area contributed by atoms with Crippen LogP contribution in [0.25, 0.3) is 22.3 Å². The van der Waals surface area contributed by atoms with E-state index >= 15 is 0 Å². The van der Waals surface area contributed by atoms with Gasteiger partial charge in [-0.05, 0) is 35.4 Å². The minimum atomic E-state index is -1.00. The van der Waals surface area contributed by atoms with Crippen LogP contribution in [-0.2, 0) is 0 Å². The quantitative estimate of drug-likeness (QED) is 0.729. The summed E-state index contributed by atoms with van der Waals surface area (Å²) in [7, 11) is 1.60. The molecule has 1 heterocycles. The fourth-order valence-electron chi connectivity index (χ4n) is 2.51. The molecule has 0 spiro atoms. The second kappa shape index (κ2) is 6.18. The first-order valence-electron chi connectivity index (χ1n) is 6.95. The van der Waals surface area contributed by atoms with Gasteiger partial charge in [0.2, 0.25) is 0 Å². The molecule has 0 radical (unpaired) electrons. The molecule has 3 aromatic rings. The summed E-state index contributed by atoms with van der Waals surface area (Å²) in [6, 6.07) is 14.6. The van der Waals surface area contributed by atoms with Gasteiger partial charge < -0.3 is 14.8 Å². The van der Waals surface area contributed by atoms with Crippen LogP contribution < -0.4 is 4.74 Å². The third-order valence-corrected chi connectivity index (χ3v) is 3.88. The number of carboxylic acid groups (broad SMARTS) is 1. The van der Waals surface area contributed by atoms with Crippen molar-refractivity contribution >= 4 is 17.6 Å². The molecular formula is C18H14ClNO3. The minimum Gasteiger partial charge on any atom is -0.497 e. The third-order valence-electron chi connectivity index (χ3n) is 3.63. The molecule has 1 aromatic heterocycles. The molecule has 0 amide bonds.